The van der Waals surface area contributed by atoms with Crippen LogP contribution in [0.1, 0.15) is 59.9 Å². The molecular formula is C30H37N5O4S. The molecule has 0 spiro atoms. The highest BCUT2D eigenvalue weighted by Crippen LogP contribution is 2.33. The van der Waals surface area contributed by atoms with Gasteiger partial charge in [-0.3, -0.25) is 4.72 Å². The van der Waals surface area contributed by atoms with Crippen molar-refractivity contribution in [3.8, 4) is 11.1 Å². The monoisotopic (exact) mass is 563 g/mol. The lowest BCUT2D eigenvalue weighted by atomic mass is 9.97. The molecule has 40 heavy (non-hydrogen) atoms. The van der Waals surface area contributed by atoms with Crippen molar-refractivity contribution in [3.05, 3.63) is 88.2 Å². The normalized spacial score (nSPS) is 11.6. The highest BCUT2D eigenvalue weighted by molar-refractivity contribution is 7.92. The van der Waals surface area contributed by atoms with Gasteiger partial charge in [0.1, 0.15) is 11.6 Å². The van der Waals surface area contributed by atoms with Crippen LogP contribution >= 0.6 is 0 Å². The first-order valence-corrected chi connectivity index (χ1v) is 15.0. The Hall–Kier alpha value is -3.60. The number of hydrogen-bond donors (Lipinski definition) is 2. The van der Waals surface area contributed by atoms with Gasteiger partial charge in [0.2, 0.25) is 0 Å². The number of sulfonamides is 1. The molecule has 0 aliphatic carbocycles. The van der Waals surface area contributed by atoms with Gasteiger partial charge in [-0.2, -0.15) is 0 Å². The van der Waals surface area contributed by atoms with Crippen molar-refractivity contribution in [1.82, 2.24) is 20.4 Å². The minimum atomic E-state index is -3.94. The molecule has 4 aromatic rings. The largest absolute Gasteiger partial charge is 0.377 e. The summed E-state index contributed by atoms with van der Waals surface area (Å²) in [5.41, 5.74) is 6.02. The second-order valence-electron chi connectivity index (χ2n) is 9.69. The van der Waals surface area contributed by atoms with Crippen LogP contribution in [0.25, 0.3) is 11.1 Å². The van der Waals surface area contributed by atoms with Gasteiger partial charge < -0.3 is 14.6 Å². The maximum absolute atomic E-state index is 13.5. The van der Waals surface area contributed by atoms with Crippen molar-refractivity contribution in [1.29, 1.82) is 0 Å². The molecule has 0 saturated carbocycles. The van der Waals surface area contributed by atoms with E-state index in [0.717, 1.165) is 46.7 Å². The molecule has 2 N–H and O–H groups in total. The van der Waals surface area contributed by atoms with Crippen molar-refractivity contribution >= 4 is 15.8 Å². The zero-order valence-electron chi connectivity index (χ0n) is 23.7. The van der Waals surface area contributed by atoms with E-state index in [1.165, 1.54) is 0 Å². The topological polar surface area (TPSA) is 119 Å². The third-order valence-electron chi connectivity index (χ3n) is 6.57. The van der Waals surface area contributed by atoms with Crippen molar-refractivity contribution in [2.24, 2.45) is 0 Å². The zero-order valence-corrected chi connectivity index (χ0v) is 24.6. The molecule has 0 atom stereocenters. The number of rotatable bonds is 13. The fraction of sp³-hybridized carbons (Fsp3) is 0.367. The Morgan fingerprint density at radius 3 is 2.42 bits per heavy atom. The van der Waals surface area contributed by atoms with Crippen LogP contribution < -0.4 is 10.0 Å². The second kappa shape index (κ2) is 13.2. The van der Waals surface area contributed by atoms with E-state index >= 15 is 0 Å². The first-order valence-electron chi connectivity index (χ1n) is 13.5. The first kappa shape index (κ1) is 29.4. The van der Waals surface area contributed by atoms with Crippen molar-refractivity contribution < 1.29 is 17.7 Å². The Balaban J connectivity index is 1.59. The third kappa shape index (κ3) is 7.12. The van der Waals surface area contributed by atoms with Crippen LogP contribution in [0.3, 0.4) is 0 Å². The molecule has 0 saturated heterocycles. The fourth-order valence-electron chi connectivity index (χ4n) is 4.48. The van der Waals surface area contributed by atoms with Gasteiger partial charge in [-0.05, 0) is 62.9 Å². The highest BCUT2D eigenvalue weighted by atomic mass is 32.2. The number of aromatic nitrogens is 3. The maximum atomic E-state index is 13.5. The van der Waals surface area contributed by atoms with Crippen LogP contribution in [0.5, 0.6) is 0 Å². The van der Waals surface area contributed by atoms with Crippen LogP contribution in [0, 0.1) is 20.8 Å². The second-order valence-corrected chi connectivity index (χ2v) is 11.3. The Morgan fingerprint density at radius 1 is 0.925 bits per heavy atom. The number of aryl methyl sites for hydroxylation is 3. The molecule has 0 aliphatic heterocycles. The summed E-state index contributed by atoms with van der Waals surface area (Å²) in [6, 6.07) is 15.0. The van der Waals surface area contributed by atoms with E-state index in [9.17, 15) is 8.42 Å². The van der Waals surface area contributed by atoms with Gasteiger partial charge in [0, 0.05) is 36.5 Å². The summed E-state index contributed by atoms with van der Waals surface area (Å²) in [6.45, 7) is 11.6. The van der Waals surface area contributed by atoms with E-state index in [2.05, 4.69) is 44.2 Å². The molecular weight excluding hydrogens is 526 g/mol. The van der Waals surface area contributed by atoms with Crippen LogP contribution in [0.4, 0.5) is 5.82 Å². The lowest BCUT2D eigenvalue weighted by Gasteiger charge is -2.16. The van der Waals surface area contributed by atoms with E-state index < -0.39 is 10.0 Å². The van der Waals surface area contributed by atoms with Crippen molar-refractivity contribution in [3.63, 3.8) is 0 Å². The molecule has 0 unspecified atom stereocenters. The van der Waals surface area contributed by atoms with E-state index in [4.69, 9.17) is 9.26 Å². The predicted octanol–water partition coefficient (Wildman–Crippen LogP) is 5.64. The zero-order chi connectivity index (χ0) is 28.7. The molecule has 4 rings (SSSR count). The van der Waals surface area contributed by atoms with Crippen molar-refractivity contribution in [2.45, 2.75) is 72.1 Å². The molecule has 10 heteroatoms. The number of hydrogen-bond acceptors (Lipinski definition) is 8. The predicted molar refractivity (Wildman–Crippen MR) is 155 cm³/mol. The third-order valence-corrected chi connectivity index (χ3v) is 7.97. The molecule has 0 amide bonds. The molecule has 2 aromatic heterocycles. The minimum absolute atomic E-state index is 0.153. The van der Waals surface area contributed by atoms with Crippen LogP contribution in [-0.2, 0) is 40.9 Å². The summed E-state index contributed by atoms with van der Waals surface area (Å²) < 4.78 is 40.4. The lowest BCUT2D eigenvalue weighted by Crippen LogP contribution is -2.16. The van der Waals surface area contributed by atoms with Crippen LogP contribution in [0.2, 0.25) is 0 Å². The molecule has 212 valence electrons. The highest BCUT2D eigenvalue weighted by Gasteiger charge is 2.23. The molecule has 2 aromatic carbocycles. The average molecular weight is 564 g/mol. The molecule has 2 heterocycles. The van der Waals surface area contributed by atoms with Gasteiger partial charge in [0.15, 0.2) is 5.82 Å². The number of benzene rings is 2. The first-order chi connectivity index (χ1) is 19.2. The summed E-state index contributed by atoms with van der Waals surface area (Å²) in [5, 5.41) is 7.34. The lowest BCUT2D eigenvalue weighted by molar-refractivity contribution is 0.134. The number of nitrogens with zero attached hydrogens (tertiary/aromatic N) is 3. The van der Waals surface area contributed by atoms with Gasteiger partial charge in [0.05, 0.1) is 17.2 Å². The molecule has 0 aliphatic rings. The summed E-state index contributed by atoms with van der Waals surface area (Å²) in [5.74, 6) is 1.53. The van der Waals surface area contributed by atoms with Gasteiger partial charge >= 0.3 is 0 Å². The summed E-state index contributed by atoms with van der Waals surface area (Å²) in [6.07, 6.45) is 1.97. The Kier molecular flexibility index (Phi) is 9.67. The Bertz CT molecular complexity index is 1570. The Morgan fingerprint density at radius 2 is 1.70 bits per heavy atom. The fourth-order valence-corrected chi connectivity index (χ4v) is 5.76. The van der Waals surface area contributed by atoms with E-state index in [0.29, 0.717) is 43.2 Å². The van der Waals surface area contributed by atoms with Crippen LogP contribution in [-0.4, -0.2) is 30.1 Å². The molecule has 0 bridgehead atoms. The summed E-state index contributed by atoms with van der Waals surface area (Å²) >= 11 is 0. The summed E-state index contributed by atoms with van der Waals surface area (Å²) in [7, 11) is -3.94. The number of ether oxygens (including phenoxy) is 1. The maximum Gasteiger partial charge on any atom is 0.263 e. The Labute approximate surface area is 236 Å². The van der Waals surface area contributed by atoms with E-state index in [-0.39, 0.29) is 10.7 Å². The van der Waals surface area contributed by atoms with Crippen molar-refractivity contribution in [2.75, 3.05) is 11.3 Å². The standard InChI is InChI=1S/C30H37N5O4S/c1-6-10-25-16-26(33-22(5)32-25)18-31-17-23-13-14-27(24(15-23)19-38-7-2)28-11-8-9-12-29(28)40(36,37)35-30-20(3)21(4)39-34-30/h8-9,11-16,31H,6-7,10,17-19H2,1-5H3,(H,34,35). The molecule has 9 nitrogen and oxygen atoms in total. The van der Waals surface area contributed by atoms with Gasteiger partial charge in [0.25, 0.3) is 10.0 Å². The smallest absolute Gasteiger partial charge is 0.263 e. The number of anilines is 1. The SMILES string of the molecule is CCCc1cc(CNCc2ccc(-c3ccccc3S(=O)(=O)Nc3noc(C)c3C)c(COCC)c2)nc(C)n1. The van der Waals surface area contributed by atoms with Gasteiger partial charge in [-0.25, -0.2) is 18.4 Å². The van der Waals surface area contributed by atoms with Gasteiger partial charge in [-0.15, -0.1) is 0 Å². The average Bonchev–Trinajstić information content (AvgIpc) is 3.23. The quantitative estimate of drug-likeness (QED) is 0.215. The van der Waals surface area contributed by atoms with E-state index in [1.807, 2.05) is 38.1 Å². The minimum Gasteiger partial charge on any atom is -0.377 e. The van der Waals surface area contributed by atoms with E-state index in [1.54, 1.807) is 26.0 Å². The van der Waals surface area contributed by atoms with Gasteiger partial charge in [-0.1, -0.05) is 54.9 Å². The van der Waals surface area contributed by atoms with Crippen LogP contribution in [0.15, 0.2) is 57.9 Å². The summed E-state index contributed by atoms with van der Waals surface area (Å²) in [4.78, 5) is 9.23. The number of nitrogens with one attached hydrogen (secondary N) is 2. The molecule has 0 radical (unpaired) electrons. The molecule has 0 fully saturated rings.